The summed E-state index contributed by atoms with van der Waals surface area (Å²) >= 11 is 0. The maximum absolute atomic E-state index is 11.6. The Morgan fingerprint density at radius 2 is 2.00 bits per heavy atom. The van der Waals surface area contributed by atoms with Gasteiger partial charge in [0.25, 0.3) is 0 Å². The lowest BCUT2D eigenvalue weighted by atomic mass is 9.99. The zero-order valence-corrected chi connectivity index (χ0v) is 11.5. The molecule has 0 spiro atoms. The smallest absolute Gasteiger partial charge is 0.407 e. The Bertz CT molecular complexity index is 256. The van der Waals surface area contributed by atoms with Crippen LogP contribution in [0.3, 0.4) is 0 Å². The van der Waals surface area contributed by atoms with Crippen molar-refractivity contribution in [2.75, 3.05) is 0 Å². The van der Waals surface area contributed by atoms with Crippen molar-refractivity contribution in [1.29, 1.82) is 0 Å². The summed E-state index contributed by atoms with van der Waals surface area (Å²) in [5.41, 5.74) is -0.536. The highest BCUT2D eigenvalue weighted by molar-refractivity contribution is 5.68. The predicted molar refractivity (Wildman–Crippen MR) is 68.8 cm³/mol. The van der Waals surface area contributed by atoms with Crippen molar-refractivity contribution in [3.63, 3.8) is 0 Å². The molecule has 2 unspecified atom stereocenters. The molecular formula is C13H25NO3. The molecule has 4 nitrogen and oxygen atoms in total. The molecule has 1 amide bonds. The SMILES string of the molecule is C=CC(O)C(CC(C)C)NC(=O)OC(C)(C)C. The molecule has 0 radical (unpaired) electrons. The number of nitrogens with one attached hydrogen (secondary N) is 1. The lowest BCUT2D eigenvalue weighted by Gasteiger charge is -2.26. The van der Waals surface area contributed by atoms with E-state index < -0.39 is 17.8 Å². The molecule has 0 aromatic heterocycles. The van der Waals surface area contributed by atoms with Gasteiger partial charge in [0, 0.05) is 0 Å². The number of amides is 1. The number of hydrogen-bond acceptors (Lipinski definition) is 3. The molecule has 4 heteroatoms. The van der Waals surface area contributed by atoms with Crippen LogP contribution in [0.4, 0.5) is 4.79 Å². The van der Waals surface area contributed by atoms with Gasteiger partial charge in [-0.1, -0.05) is 19.9 Å². The molecule has 0 aromatic rings. The molecular weight excluding hydrogens is 218 g/mol. The molecule has 17 heavy (non-hydrogen) atoms. The number of aliphatic hydroxyl groups is 1. The Morgan fingerprint density at radius 1 is 1.47 bits per heavy atom. The van der Waals surface area contributed by atoms with Gasteiger partial charge in [0.15, 0.2) is 0 Å². The Labute approximate surface area is 104 Å². The summed E-state index contributed by atoms with van der Waals surface area (Å²) in [4.78, 5) is 11.6. The van der Waals surface area contributed by atoms with E-state index >= 15 is 0 Å². The molecule has 0 rings (SSSR count). The highest BCUT2D eigenvalue weighted by atomic mass is 16.6. The van der Waals surface area contributed by atoms with E-state index in [4.69, 9.17) is 4.74 Å². The van der Waals surface area contributed by atoms with Crippen LogP contribution in [-0.4, -0.2) is 28.9 Å². The summed E-state index contributed by atoms with van der Waals surface area (Å²) < 4.78 is 5.15. The first-order valence-corrected chi connectivity index (χ1v) is 5.96. The van der Waals surface area contributed by atoms with Crippen molar-refractivity contribution in [1.82, 2.24) is 5.32 Å². The summed E-state index contributed by atoms with van der Waals surface area (Å²) in [6.45, 7) is 13.0. The van der Waals surface area contributed by atoms with Crippen molar-refractivity contribution in [3.8, 4) is 0 Å². The number of ether oxygens (including phenoxy) is 1. The molecule has 2 atom stereocenters. The quantitative estimate of drug-likeness (QED) is 0.729. The zero-order chi connectivity index (χ0) is 13.6. The first kappa shape index (κ1) is 16.0. The van der Waals surface area contributed by atoms with Gasteiger partial charge in [-0.2, -0.15) is 0 Å². The molecule has 0 aliphatic heterocycles. The molecule has 2 N–H and O–H groups in total. The number of rotatable bonds is 5. The molecule has 0 saturated carbocycles. The Balaban J connectivity index is 4.42. The third-order valence-corrected chi connectivity index (χ3v) is 2.08. The summed E-state index contributed by atoms with van der Waals surface area (Å²) in [5, 5.41) is 12.4. The van der Waals surface area contributed by atoms with E-state index in [0.29, 0.717) is 12.3 Å². The van der Waals surface area contributed by atoms with E-state index in [1.165, 1.54) is 6.08 Å². The predicted octanol–water partition coefficient (Wildman–Crippen LogP) is 2.47. The number of alkyl carbamates (subject to hydrolysis) is 1. The molecule has 0 aromatic carbocycles. The highest BCUT2D eigenvalue weighted by Gasteiger charge is 2.23. The molecule has 0 fully saturated rings. The van der Waals surface area contributed by atoms with Gasteiger partial charge >= 0.3 is 6.09 Å². The first-order valence-electron chi connectivity index (χ1n) is 5.96. The minimum Gasteiger partial charge on any atom is -0.444 e. The third-order valence-electron chi connectivity index (χ3n) is 2.08. The van der Waals surface area contributed by atoms with E-state index in [1.54, 1.807) is 20.8 Å². The van der Waals surface area contributed by atoms with E-state index in [-0.39, 0.29) is 6.04 Å². The normalized spacial score (nSPS) is 15.2. The second-order valence-corrected chi connectivity index (χ2v) is 5.61. The fourth-order valence-electron chi connectivity index (χ4n) is 1.41. The van der Waals surface area contributed by atoms with Gasteiger partial charge < -0.3 is 15.2 Å². The van der Waals surface area contributed by atoms with Crippen molar-refractivity contribution in [3.05, 3.63) is 12.7 Å². The molecule has 0 bridgehead atoms. The minimum atomic E-state index is -0.759. The van der Waals surface area contributed by atoms with Crippen LogP contribution in [0.15, 0.2) is 12.7 Å². The first-order chi connectivity index (χ1) is 7.65. The Hall–Kier alpha value is -1.03. The van der Waals surface area contributed by atoms with Crippen LogP contribution < -0.4 is 5.32 Å². The van der Waals surface area contributed by atoms with Gasteiger partial charge in [0.2, 0.25) is 0 Å². The van der Waals surface area contributed by atoms with Gasteiger partial charge in [-0.15, -0.1) is 6.58 Å². The van der Waals surface area contributed by atoms with Crippen LogP contribution in [0, 0.1) is 5.92 Å². The second kappa shape index (κ2) is 6.64. The summed E-state index contributed by atoms with van der Waals surface area (Å²) in [6, 6.07) is -0.359. The van der Waals surface area contributed by atoms with Crippen molar-refractivity contribution < 1.29 is 14.6 Å². The average Bonchev–Trinajstić information content (AvgIpc) is 2.11. The maximum atomic E-state index is 11.6. The fraction of sp³-hybridized carbons (Fsp3) is 0.769. The molecule has 0 aliphatic carbocycles. The highest BCUT2D eigenvalue weighted by Crippen LogP contribution is 2.11. The topological polar surface area (TPSA) is 58.6 Å². The lowest BCUT2D eigenvalue weighted by Crippen LogP contribution is -2.45. The molecule has 100 valence electrons. The number of aliphatic hydroxyl groups excluding tert-OH is 1. The van der Waals surface area contributed by atoms with Crippen LogP contribution in [0.5, 0.6) is 0 Å². The third kappa shape index (κ3) is 7.80. The van der Waals surface area contributed by atoms with E-state index in [2.05, 4.69) is 11.9 Å². The molecule has 0 aliphatic rings. The average molecular weight is 243 g/mol. The summed E-state index contributed by atoms with van der Waals surface area (Å²) in [5.74, 6) is 0.365. The van der Waals surface area contributed by atoms with Crippen LogP contribution in [-0.2, 0) is 4.74 Å². The van der Waals surface area contributed by atoms with Gasteiger partial charge in [-0.05, 0) is 33.1 Å². The van der Waals surface area contributed by atoms with Gasteiger partial charge in [0.05, 0.1) is 12.1 Å². The Morgan fingerprint density at radius 3 is 2.35 bits per heavy atom. The number of carbonyl (C=O) groups is 1. The number of carbonyl (C=O) groups excluding carboxylic acids is 1. The van der Waals surface area contributed by atoms with E-state index in [0.717, 1.165) is 0 Å². The standard InChI is InChI=1S/C13H25NO3/c1-7-11(15)10(8-9(2)3)14-12(16)17-13(4,5)6/h7,9-11,15H,1,8H2,2-6H3,(H,14,16). The molecule has 0 heterocycles. The largest absolute Gasteiger partial charge is 0.444 e. The number of hydrogen-bond donors (Lipinski definition) is 2. The van der Waals surface area contributed by atoms with Gasteiger partial charge in [0.1, 0.15) is 5.60 Å². The van der Waals surface area contributed by atoms with Gasteiger partial charge in [-0.3, -0.25) is 0 Å². The fourth-order valence-corrected chi connectivity index (χ4v) is 1.41. The van der Waals surface area contributed by atoms with E-state index in [1.807, 2.05) is 13.8 Å². The summed E-state index contributed by atoms with van der Waals surface area (Å²) in [6.07, 6.45) is 0.825. The van der Waals surface area contributed by atoms with Crippen molar-refractivity contribution >= 4 is 6.09 Å². The lowest BCUT2D eigenvalue weighted by molar-refractivity contribution is 0.0442. The van der Waals surface area contributed by atoms with E-state index in [9.17, 15) is 9.90 Å². The van der Waals surface area contributed by atoms with Gasteiger partial charge in [-0.25, -0.2) is 4.79 Å². The second-order valence-electron chi connectivity index (χ2n) is 5.61. The van der Waals surface area contributed by atoms with Crippen LogP contribution >= 0.6 is 0 Å². The zero-order valence-electron chi connectivity index (χ0n) is 11.5. The monoisotopic (exact) mass is 243 g/mol. The minimum absolute atomic E-state index is 0.359. The van der Waals surface area contributed by atoms with Crippen LogP contribution in [0.2, 0.25) is 0 Å². The van der Waals surface area contributed by atoms with Crippen molar-refractivity contribution in [2.24, 2.45) is 5.92 Å². The Kier molecular flexibility index (Phi) is 6.24. The maximum Gasteiger partial charge on any atom is 0.407 e. The van der Waals surface area contributed by atoms with Crippen LogP contribution in [0.1, 0.15) is 41.0 Å². The summed E-state index contributed by atoms with van der Waals surface area (Å²) in [7, 11) is 0. The molecule has 0 saturated heterocycles. The van der Waals surface area contributed by atoms with Crippen LogP contribution in [0.25, 0.3) is 0 Å². The van der Waals surface area contributed by atoms with Crippen molar-refractivity contribution in [2.45, 2.75) is 58.8 Å².